The summed E-state index contributed by atoms with van der Waals surface area (Å²) in [5, 5.41) is 10.9. The second-order valence-electron chi connectivity index (χ2n) is 7.52. The fourth-order valence-electron chi connectivity index (χ4n) is 3.59. The van der Waals surface area contributed by atoms with Gasteiger partial charge in [-0.1, -0.05) is 18.2 Å². The van der Waals surface area contributed by atoms with Gasteiger partial charge in [0.1, 0.15) is 17.3 Å². The first-order chi connectivity index (χ1) is 14.8. The molecular weight excluding hydrogens is 401 g/mol. The lowest BCUT2D eigenvalue weighted by Gasteiger charge is -2.25. The van der Waals surface area contributed by atoms with Crippen molar-refractivity contribution in [1.29, 1.82) is 0 Å². The zero-order valence-corrected chi connectivity index (χ0v) is 17.8. The number of ketones is 1. The van der Waals surface area contributed by atoms with Crippen LogP contribution in [0.3, 0.4) is 0 Å². The molecular formula is C24H26FNO5. The van der Waals surface area contributed by atoms with Crippen molar-refractivity contribution in [3.05, 3.63) is 71.0 Å². The first kappa shape index (κ1) is 22.5. The summed E-state index contributed by atoms with van der Waals surface area (Å²) < 4.78 is 25.3. The van der Waals surface area contributed by atoms with Gasteiger partial charge >= 0.3 is 0 Å². The molecule has 1 amide bonds. The van der Waals surface area contributed by atoms with Crippen LogP contribution in [0.5, 0.6) is 5.75 Å². The molecule has 0 saturated carbocycles. The standard InChI is InChI=1S/C24H26FNO5/c1-15(2)31-14-6-13-26-21(18-7-4-5-8-19(18)25)20(23(28)24(26)29)22(27)16-9-11-17(30-3)12-10-16/h4-5,7-12,15,21,27H,6,13-14H2,1-3H3/b22-20-. The molecule has 7 heteroatoms. The highest BCUT2D eigenvalue weighted by molar-refractivity contribution is 6.46. The summed E-state index contributed by atoms with van der Waals surface area (Å²) in [6.45, 7) is 4.39. The van der Waals surface area contributed by atoms with Gasteiger partial charge in [0.2, 0.25) is 0 Å². The van der Waals surface area contributed by atoms with E-state index in [0.29, 0.717) is 24.3 Å². The fraction of sp³-hybridized carbons (Fsp3) is 0.333. The number of aliphatic hydroxyl groups excluding tert-OH is 1. The number of benzene rings is 2. The van der Waals surface area contributed by atoms with Crippen LogP contribution in [0.25, 0.3) is 5.76 Å². The highest BCUT2D eigenvalue weighted by Crippen LogP contribution is 2.40. The highest BCUT2D eigenvalue weighted by atomic mass is 19.1. The van der Waals surface area contributed by atoms with Crippen molar-refractivity contribution in [1.82, 2.24) is 4.90 Å². The van der Waals surface area contributed by atoms with Gasteiger partial charge < -0.3 is 19.5 Å². The molecule has 0 aliphatic carbocycles. The minimum Gasteiger partial charge on any atom is -0.507 e. The van der Waals surface area contributed by atoms with Crippen molar-refractivity contribution >= 4 is 17.4 Å². The van der Waals surface area contributed by atoms with E-state index in [9.17, 15) is 19.1 Å². The average molecular weight is 427 g/mol. The Morgan fingerprint density at radius 2 is 1.81 bits per heavy atom. The van der Waals surface area contributed by atoms with Crippen molar-refractivity contribution in [2.24, 2.45) is 0 Å². The summed E-state index contributed by atoms with van der Waals surface area (Å²) >= 11 is 0. The number of halogens is 1. The van der Waals surface area contributed by atoms with Crippen molar-refractivity contribution in [2.45, 2.75) is 32.4 Å². The van der Waals surface area contributed by atoms with E-state index >= 15 is 0 Å². The van der Waals surface area contributed by atoms with Gasteiger partial charge in [-0.25, -0.2) is 4.39 Å². The zero-order chi connectivity index (χ0) is 22.5. The lowest BCUT2D eigenvalue weighted by Crippen LogP contribution is -2.31. The Labute approximate surface area is 180 Å². The highest BCUT2D eigenvalue weighted by Gasteiger charge is 2.46. The predicted molar refractivity (Wildman–Crippen MR) is 114 cm³/mol. The van der Waals surface area contributed by atoms with Crippen LogP contribution in [-0.2, 0) is 14.3 Å². The van der Waals surface area contributed by atoms with Crippen LogP contribution >= 0.6 is 0 Å². The number of rotatable bonds is 8. The van der Waals surface area contributed by atoms with Crippen LogP contribution in [0, 0.1) is 5.82 Å². The quantitative estimate of drug-likeness (QED) is 0.297. The smallest absolute Gasteiger partial charge is 0.295 e. The van der Waals surface area contributed by atoms with Crippen LogP contribution in [0.1, 0.15) is 37.4 Å². The Hall–Kier alpha value is -3.19. The van der Waals surface area contributed by atoms with Crippen LogP contribution < -0.4 is 4.74 Å². The number of nitrogens with zero attached hydrogens (tertiary/aromatic N) is 1. The maximum Gasteiger partial charge on any atom is 0.295 e. The minimum absolute atomic E-state index is 0.0350. The molecule has 6 nitrogen and oxygen atoms in total. The number of ether oxygens (including phenoxy) is 2. The van der Waals surface area contributed by atoms with E-state index in [0.717, 1.165) is 0 Å². The number of carbonyl (C=O) groups is 2. The number of Topliss-reactive ketones (excluding diaryl/α,β-unsaturated/α-hetero) is 1. The number of aliphatic hydroxyl groups is 1. The van der Waals surface area contributed by atoms with Crippen molar-refractivity contribution in [2.75, 3.05) is 20.3 Å². The number of carbonyl (C=O) groups excluding carboxylic acids is 2. The van der Waals surface area contributed by atoms with E-state index in [4.69, 9.17) is 9.47 Å². The second kappa shape index (κ2) is 9.75. The number of amides is 1. The Kier molecular flexibility index (Phi) is 7.07. The van der Waals surface area contributed by atoms with Gasteiger partial charge in [0.15, 0.2) is 0 Å². The summed E-state index contributed by atoms with van der Waals surface area (Å²) in [5.41, 5.74) is 0.356. The summed E-state index contributed by atoms with van der Waals surface area (Å²) in [6, 6.07) is 11.3. The van der Waals surface area contributed by atoms with Crippen LogP contribution in [0.4, 0.5) is 4.39 Å². The van der Waals surface area contributed by atoms with Gasteiger partial charge in [-0.15, -0.1) is 0 Å². The minimum atomic E-state index is -1.03. The number of methoxy groups -OCH3 is 1. The largest absolute Gasteiger partial charge is 0.507 e. The van der Waals surface area contributed by atoms with E-state index < -0.39 is 23.5 Å². The molecule has 31 heavy (non-hydrogen) atoms. The molecule has 2 aromatic rings. The van der Waals surface area contributed by atoms with E-state index in [2.05, 4.69) is 0 Å². The van der Waals surface area contributed by atoms with E-state index in [-0.39, 0.29) is 29.5 Å². The van der Waals surface area contributed by atoms with E-state index in [1.807, 2.05) is 13.8 Å². The fourth-order valence-corrected chi connectivity index (χ4v) is 3.59. The topological polar surface area (TPSA) is 76.1 Å². The Balaban J connectivity index is 2.04. The molecule has 1 N–H and O–H groups in total. The Morgan fingerprint density at radius 3 is 2.42 bits per heavy atom. The molecule has 1 atom stereocenters. The molecule has 3 rings (SSSR count). The Morgan fingerprint density at radius 1 is 1.13 bits per heavy atom. The molecule has 0 aromatic heterocycles. The molecule has 1 saturated heterocycles. The number of hydrogen-bond donors (Lipinski definition) is 1. The number of likely N-dealkylation sites (tertiary alicyclic amines) is 1. The molecule has 0 spiro atoms. The van der Waals surface area contributed by atoms with Gasteiger partial charge in [0, 0.05) is 24.3 Å². The third-order valence-electron chi connectivity index (χ3n) is 5.10. The van der Waals surface area contributed by atoms with Gasteiger partial charge in [-0.3, -0.25) is 9.59 Å². The van der Waals surface area contributed by atoms with Gasteiger partial charge in [-0.05, 0) is 50.6 Å². The molecule has 0 radical (unpaired) electrons. The van der Waals surface area contributed by atoms with Crippen molar-refractivity contribution in [3.63, 3.8) is 0 Å². The summed E-state index contributed by atoms with van der Waals surface area (Å²) in [6.07, 6.45) is 0.506. The molecule has 1 fully saturated rings. The SMILES string of the molecule is COc1ccc(/C(O)=C2/C(=O)C(=O)N(CCCOC(C)C)C2c2ccccc2F)cc1. The van der Waals surface area contributed by atoms with Crippen molar-refractivity contribution < 1.29 is 28.6 Å². The van der Waals surface area contributed by atoms with E-state index in [1.54, 1.807) is 30.3 Å². The third-order valence-corrected chi connectivity index (χ3v) is 5.10. The molecule has 1 aliphatic heterocycles. The average Bonchev–Trinajstić information content (AvgIpc) is 3.01. The predicted octanol–water partition coefficient (Wildman–Crippen LogP) is 4.07. The molecule has 2 aromatic carbocycles. The van der Waals surface area contributed by atoms with Crippen molar-refractivity contribution in [3.8, 4) is 5.75 Å². The lowest BCUT2D eigenvalue weighted by molar-refractivity contribution is -0.140. The van der Waals surface area contributed by atoms with Gasteiger partial charge in [-0.2, -0.15) is 0 Å². The Bertz CT molecular complexity index is 984. The normalized spacial score (nSPS) is 18.1. The molecule has 1 unspecified atom stereocenters. The summed E-state index contributed by atoms with van der Waals surface area (Å²) in [4.78, 5) is 27.0. The second-order valence-corrected chi connectivity index (χ2v) is 7.52. The maximum absolute atomic E-state index is 14.7. The van der Waals surface area contributed by atoms with Gasteiger partial charge in [0.25, 0.3) is 11.7 Å². The first-order valence-corrected chi connectivity index (χ1v) is 10.1. The molecule has 164 valence electrons. The maximum atomic E-state index is 14.7. The molecule has 1 aliphatic rings. The first-order valence-electron chi connectivity index (χ1n) is 10.1. The van der Waals surface area contributed by atoms with Crippen LogP contribution in [0.15, 0.2) is 54.1 Å². The van der Waals surface area contributed by atoms with Gasteiger partial charge in [0.05, 0.1) is 24.8 Å². The van der Waals surface area contributed by atoms with E-state index in [1.165, 1.54) is 30.2 Å². The molecule has 0 bridgehead atoms. The lowest BCUT2D eigenvalue weighted by atomic mass is 9.95. The summed E-state index contributed by atoms with van der Waals surface area (Å²) in [7, 11) is 1.52. The van der Waals surface area contributed by atoms with Crippen LogP contribution in [-0.4, -0.2) is 48.1 Å². The summed E-state index contributed by atoms with van der Waals surface area (Å²) in [5.74, 6) is -1.94. The monoisotopic (exact) mass is 427 g/mol. The number of hydrogen-bond acceptors (Lipinski definition) is 5. The third kappa shape index (κ3) is 4.77. The van der Waals surface area contributed by atoms with Crippen LogP contribution in [0.2, 0.25) is 0 Å². The zero-order valence-electron chi connectivity index (χ0n) is 17.8. The molecule has 1 heterocycles.